The molecular weight excluding hydrogens is 182 g/mol. The van der Waals surface area contributed by atoms with Crippen LogP contribution < -0.4 is 10.2 Å². The van der Waals surface area contributed by atoms with Crippen molar-refractivity contribution in [3.05, 3.63) is 11.1 Å². The molecule has 0 aliphatic carbocycles. The summed E-state index contributed by atoms with van der Waals surface area (Å²) in [6, 6.07) is 0.561. The van der Waals surface area contributed by atoms with E-state index in [-0.39, 0.29) is 0 Å². The van der Waals surface area contributed by atoms with E-state index >= 15 is 0 Å². The SMILES string of the molecule is CN(C)c1ncc(C2CCCN2)s1. The van der Waals surface area contributed by atoms with Gasteiger partial charge in [-0.2, -0.15) is 0 Å². The van der Waals surface area contributed by atoms with Crippen LogP contribution >= 0.6 is 11.3 Å². The average molecular weight is 197 g/mol. The zero-order chi connectivity index (χ0) is 9.26. The number of hydrogen-bond acceptors (Lipinski definition) is 4. The summed E-state index contributed by atoms with van der Waals surface area (Å²) >= 11 is 1.79. The molecule has 0 amide bonds. The first kappa shape index (κ1) is 8.97. The first-order valence-electron chi connectivity index (χ1n) is 4.64. The fourth-order valence-electron chi connectivity index (χ4n) is 1.57. The zero-order valence-corrected chi connectivity index (χ0v) is 8.90. The molecule has 0 bridgehead atoms. The van der Waals surface area contributed by atoms with Crippen LogP contribution in [-0.4, -0.2) is 25.6 Å². The van der Waals surface area contributed by atoms with Crippen molar-refractivity contribution in [2.75, 3.05) is 25.5 Å². The second kappa shape index (κ2) is 3.64. The van der Waals surface area contributed by atoms with Gasteiger partial charge in [0.2, 0.25) is 0 Å². The monoisotopic (exact) mass is 197 g/mol. The molecule has 1 aliphatic rings. The van der Waals surface area contributed by atoms with Gasteiger partial charge in [-0.05, 0) is 19.4 Å². The second-order valence-electron chi connectivity index (χ2n) is 3.59. The predicted octanol–water partition coefficient (Wildman–Crippen LogP) is 1.63. The van der Waals surface area contributed by atoms with E-state index in [0.29, 0.717) is 6.04 Å². The van der Waals surface area contributed by atoms with Gasteiger partial charge < -0.3 is 10.2 Å². The van der Waals surface area contributed by atoms with E-state index in [2.05, 4.69) is 15.2 Å². The predicted molar refractivity (Wildman–Crippen MR) is 56.4 cm³/mol. The van der Waals surface area contributed by atoms with E-state index in [9.17, 15) is 0 Å². The fraction of sp³-hybridized carbons (Fsp3) is 0.667. The zero-order valence-electron chi connectivity index (χ0n) is 8.08. The van der Waals surface area contributed by atoms with E-state index in [1.807, 2.05) is 20.3 Å². The Morgan fingerprint density at radius 1 is 1.62 bits per heavy atom. The van der Waals surface area contributed by atoms with Crippen LogP contribution in [0.4, 0.5) is 5.13 Å². The molecule has 1 N–H and O–H groups in total. The summed E-state index contributed by atoms with van der Waals surface area (Å²) in [4.78, 5) is 7.80. The van der Waals surface area contributed by atoms with Gasteiger partial charge in [0, 0.05) is 31.2 Å². The Morgan fingerprint density at radius 3 is 3.00 bits per heavy atom. The molecule has 0 aromatic carbocycles. The molecule has 2 rings (SSSR count). The van der Waals surface area contributed by atoms with Crippen LogP contribution in [0.5, 0.6) is 0 Å². The Balaban J connectivity index is 2.12. The first-order valence-corrected chi connectivity index (χ1v) is 5.45. The molecule has 72 valence electrons. The van der Waals surface area contributed by atoms with E-state index in [0.717, 1.165) is 11.7 Å². The average Bonchev–Trinajstić information content (AvgIpc) is 2.75. The molecule has 1 fully saturated rings. The highest BCUT2D eigenvalue weighted by atomic mass is 32.1. The molecule has 1 aromatic heterocycles. The van der Waals surface area contributed by atoms with Crippen LogP contribution in [0.1, 0.15) is 23.8 Å². The van der Waals surface area contributed by atoms with Crippen LogP contribution in [-0.2, 0) is 0 Å². The minimum absolute atomic E-state index is 0.561. The Kier molecular flexibility index (Phi) is 2.51. The van der Waals surface area contributed by atoms with Crippen LogP contribution in [0.3, 0.4) is 0 Å². The molecule has 2 heterocycles. The molecule has 1 unspecified atom stereocenters. The highest BCUT2D eigenvalue weighted by molar-refractivity contribution is 7.15. The first-order chi connectivity index (χ1) is 6.27. The van der Waals surface area contributed by atoms with Crippen molar-refractivity contribution in [3.8, 4) is 0 Å². The third kappa shape index (κ3) is 1.84. The maximum absolute atomic E-state index is 4.36. The van der Waals surface area contributed by atoms with Crippen molar-refractivity contribution in [2.45, 2.75) is 18.9 Å². The lowest BCUT2D eigenvalue weighted by atomic mass is 10.2. The van der Waals surface area contributed by atoms with Crippen molar-refractivity contribution >= 4 is 16.5 Å². The van der Waals surface area contributed by atoms with Gasteiger partial charge in [-0.25, -0.2) is 4.98 Å². The third-order valence-electron chi connectivity index (χ3n) is 2.30. The lowest BCUT2D eigenvalue weighted by Crippen LogP contribution is -2.11. The lowest BCUT2D eigenvalue weighted by molar-refractivity contribution is 0.658. The van der Waals surface area contributed by atoms with E-state index in [1.54, 1.807) is 11.3 Å². The number of aromatic nitrogens is 1. The van der Waals surface area contributed by atoms with Gasteiger partial charge in [0.15, 0.2) is 5.13 Å². The summed E-state index contributed by atoms with van der Waals surface area (Å²) in [5, 5.41) is 4.58. The van der Waals surface area contributed by atoms with Gasteiger partial charge >= 0.3 is 0 Å². The molecule has 13 heavy (non-hydrogen) atoms. The van der Waals surface area contributed by atoms with Crippen molar-refractivity contribution in [1.29, 1.82) is 0 Å². The Morgan fingerprint density at radius 2 is 2.46 bits per heavy atom. The smallest absolute Gasteiger partial charge is 0.185 e. The van der Waals surface area contributed by atoms with Crippen LogP contribution in [0, 0.1) is 0 Å². The highest BCUT2D eigenvalue weighted by Gasteiger charge is 2.18. The summed E-state index contributed by atoms with van der Waals surface area (Å²) in [6.07, 6.45) is 4.55. The fourth-order valence-corrected chi connectivity index (χ4v) is 2.52. The standard InChI is InChI=1S/C9H15N3S/c1-12(2)9-11-6-8(13-9)7-4-3-5-10-7/h6-7,10H,3-5H2,1-2H3. The quantitative estimate of drug-likeness (QED) is 0.781. The molecule has 1 atom stereocenters. The molecule has 3 nitrogen and oxygen atoms in total. The van der Waals surface area contributed by atoms with Crippen molar-refractivity contribution in [3.63, 3.8) is 0 Å². The highest BCUT2D eigenvalue weighted by Crippen LogP contribution is 2.30. The molecule has 0 spiro atoms. The van der Waals surface area contributed by atoms with Gasteiger partial charge in [-0.3, -0.25) is 0 Å². The second-order valence-corrected chi connectivity index (χ2v) is 4.63. The van der Waals surface area contributed by atoms with Gasteiger partial charge in [-0.1, -0.05) is 0 Å². The molecule has 0 radical (unpaired) electrons. The Labute approximate surface area is 82.8 Å². The summed E-state index contributed by atoms with van der Waals surface area (Å²) in [7, 11) is 4.06. The van der Waals surface area contributed by atoms with Gasteiger partial charge in [0.25, 0.3) is 0 Å². The number of nitrogens with one attached hydrogen (secondary N) is 1. The minimum atomic E-state index is 0.561. The number of hydrogen-bond donors (Lipinski definition) is 1. The normalized spacial score (nSPS) is 22.2. The Bertz CT molecular complexity index is 276. The maximum atomic E-state index is 4.36. The third-order valence-corrected chi connectivity index (χ3v) is 3.58. The van der Waals surface area contributed by atoms with Crippen molar-refractivity contribution in [2.24, 2.45) is 0 Å². The summed E-state index contributed by atoms with van der Waals surface area (Å²) in [6.45, 7) is 1.15. The minimum Gasteiger partial charge on any atom is -0.354 e. The summed E-state index contributed by atoms with van der Waals surface area (Å²) < 4.78 is 0. The van der Waals surface area contributed by atoms with E-state index < -0.39 is 0 Å². The number of nitrogens with zero attached hydrogens (tertiary/aromatic N) is 2. The topological polar surface area (TPSA) is 28.2 Å². The molecule has 1 aromatic rings. The molecule has 4 heteroatoms. The lowest BCUT2D eigenvalue weighted by Gasteiger charge is -2.07. The van der Waals surface area contributed by atoms with Gasteiger partial charge in [0.05, 0.1) is 0 Å². The van der Waals surface area contributed by atoms with Crippen LogP contribution in [0.2, 0.25) is 0 Å². The van der Waals surface area contributed by atoms with E-state index in [1.165, 1.54) is 17.7 Å². The number of anilines is 1. The maximum Gasteiger partial charge on any atom is 0.185 e. The molecule has 1 saturated heterocycles. The summed E-state index contributed by atoms with van der Waals surface area (Å²) in [5.74, 6) is 0. The molecular formula is C9H15N3S. The van der Waals surface area contributed by atoms with Crippen molar-refractivity contribution in [1.82, 2.24) is 10.3 Å². The number of rotatable bonds is 2. The summed E-state index contributed by atoms with van der Waals surface area (Å²) in [5.41, 5.74) is 0. The molecule has 0 saturated carbocycles. The van der Waals surface area contributed by atoms with Gasteiger partial charge in [0.1, 0.15) is 0 Å². The van der Waals surface area contributed by atoms with Crippen LogP contribution in [0.25, 0.3) is 0 Å². The van der Waals surface area contributed by atoms with Crippen molar-refractivity contribution < 1.29 is 0 Å². The van der Waals surface area contributed by atoms with Crippen LogP contribution in [0.15, 0.2) is 6.20 Å². The molecule has 1 aliphatic heterocycles. The number of thiazole rings is 1. The largest absolute Gasteiger partial charge is 0.354 e. The van der Waals surface area contributed by atoms with E-state index in [4.69, 9.17) is 0 Å². The van der Waals surface area contributed by atoms with Gasteiger partial charge in [-0.15, -0.1) is 11.3 Å². The Hall–Kier alpha value is -0.610.